The number of nitro groups is 1. The van der Waals surface area contributed by atoms with E-state index in [1.807, 2.05) is 6.07 Å². The van der Waals surface area contributed by atoms with E-state index >= 15 is 0 Å². The fourth-order valence-corrected chi connectivity index (χ4v) is 3.21. The van der Waals surface area contributed by atoms with Crippen LogP contribution >= 0.6 is 0 Å². The minimum Gasteiger partial charge on any atom is -0.361 e. The molecule has 0 aliphatic carbocycles. The smallest absolute Gasteiger partial charge is 0.275 e. The summed E-state index contributed by atoms with van der Waals surface area (Å²) in [5.41, 5.74) is 2.07. The van der Waals surface area contributed by atoms with Crippen molar-refractivity contribution in [3.05, 3.63) is 39.7 Å². The van der Waals surface area contributed by atoms with E-state index in [1.165, 1.54) is 0 Å². The van der Waals surface area contributed by atoms with E-state index in [4.69, 9.17) is 4.74 Å². The molecule has 0 unspecified atom stereocenters. The van der Waals surface area contributed by atoms with Crippen molar-refractivity contribution in [3.8, 4) is 11.4 Å². The Kier molecular flexibility index (Phi) is 5.50. The van der Waals surface area contributed by atoms with Gasteiger partial charge in [0.25, 0.3) is 5.69 Å². The Bertz CT molecular complexity index is 737. The average Bonchev–Trinajstić information content (AvgIpc) is 2.90. The van der Waals surface area contributed by atoms with Gasteiger partial charge < -0.3 is 4.74 Å². The number of ether oxygens (including phenoxy) is 1. The van der Waals surface area contributed by atoms with E-state index < -0.39 is 8.07 Å². The minimum atomic E-state index is -1.13. The average molecular weight is 348 g/mol. The van der Waals surface area contributed by atoms with Gasteiger partial charge in [-0.05, 0) is 19.9 Å². The first-order chi connectivity index (χ1) is 11.2. The van der Waals surface area contributed by atoms with Gasteiger partial charge in [0.1, 0.15) is 13.1 Å². The molecule has 0 bridgehead atoms. The first-order valence-electron chi connectivity index (χ1n) is 7.91. The highest BCUT2D eigenvalue weighted by Gasteiger charge is 2.21. The van der Waals surface area contributed by atoms with Crippen LogP contribution < -0.4 is 0 Å². The normalized spacial score (nSPS) is 11.7. The van der Waals surface area contributed by atoms with Crippen LogP contribution in [0.4, 0.5) is 5.69 Å². The highest BCUT2D eigenvalue weighted by molar-refractivity contribution is 6.76. The number of aryl methyl sites for hydroxylation is 1. The molecule has 1 aromatic heterocycles. The van der Waals surface area contributed by atoms with E-state index in [1.54, 1.807) is 30.8 Å². The maximum absolute atomic E-state index is 11.3. The molecule has 0 atom stereocenters. The van der Waals surface area contributed by atoms with Gasteiger partial charge in [0, 0.05) is 31.4 Å². The van der Waals surface area contributed by atoms with Crippen LogP contribution in [0.15, 0.2) is 18.5 Å². The van der Waals surface area contributed by atoms with Crippen LogP contribution in [0.25, 0.3) is 11.4 Å². The molecule has 7 nitrogen and oxygen atoms in total. The molecule has 0 N–H and O–H groups in total. The van der Waals surface area contributed by atoms with E-state index in [-0.39, 0.29) is 10.6 Å². The lowest BCUT2D eigenvalue weighted by Crippen LogP contribution is -2.22. The molecule has 0 saturated carbocycles. The SMILES string of the molecule is Cc1ccc(-c2nncn2COCC[Si](C)(C)C)c(C)c1[N+](=O)[O-]. The molecule has 2 rings (SSSR count). The van der Waals surface area contributed by atoms with Gasteiger partial charge in [0.05, 0.1) is 4.92 Å². The largest absolute Gasteiger partial charge is 0.361 e. The Morgan fingerprint density at radius 2 is 2.00 bits per heavy atom. The summed E-state index contributed by atoms with van der Waals surface area (Å²) in [6, 6.07) is 4.67. The fraction of sp³-hybridized carbons (Fsp3) is 0.500. The zero-order valence-electron chi connectivity index (χ0n) is 14.9. The van der Waals surface area contributed by atoms with E-state index in [0.717, 1.165) is 6.04 Å². The summed E-state index contributed by atoms with van der Waals surface area (Å²) < 4.78 is 7.52. The molecule has 130 valence electrons. The number of nitrogens with zero attached hydrogens (tertiary/aromatic N) is 4. The van der Waals surface area contributed by atoms with Gasteiger partial charge in [-0.25, -0.2) is 0 Å². The Morgan fingerprint density at radius 3 is 2.62 bits per heavy atom. The van der Waals surface area contributed by atoms with Crippen LogP contribution in [-0.4, -0.2) is 34.4 Å². The molecule has 24 heavy (non-hydrogen) atoms. The molecule has 0 radical (unpaired) electrons. The lowest BCUT2D eigenvalue weighted by atomic mass is 10.0. The third-order valence-electron chi connectivity index (χ3n) is 3.90. The maximum Gasteiger partial charge on any atom is 0.275 e. The molecule has 8 heteroatoms. The number of aromatic nitrogens is 3. The van der Waals surface area contributed by atoms with Crippen LogP contribution in [0.2, 0.25) is 25.7 Å². The molecule has 0 aliphatic heterocycles. The summed E-state index contributed by atoms with van der Waals surface area (Å²) in [6.07, 6.45) is 1.59. The lowest BCUT2D eigenvalue weighted by molar-refractivity contribution is -0.386. The quantitative estimate of drug-likeness (QED) is 0.329. The Balaban J connectivity index is 2.21. The van der Waals surface area contributed by atoms with Crippen LogP contribution in [0.1, 0.15) is 11.1 Å². The van der Waals surface area contributed by atoms with E-state index in [2.05, 4.69) is 29.8 Å². The van der Waals surface area contributed by atoms with Crippen molar-refractivity contribution < 1.29 is 9.66 Å². The molecule has 2 aromatic rings. The molecular formula is C16H24N4O3Si. The maximum atomic E-state index is 11.3. The van der Waals surface area contributed by atoms with Crippen molar-refractivity contribution in [1.82, 2.24) is 14.8 Å². The molecule has 1 heterocycles. The van der Waals surface area contributed by atoms with Crippen LogP contribution in [0, 0.1) is 24.0 Å². The summed E-state index contributed by atoms with van der Waals surface area (Å²) in [5.74, 6) is 0.587. The summed E-state index contributed by atoms with van der Waals surface area (Å²) >= 11 is 0. The first-order valence-corrected chi connectivity index (χ1v) is 11.6. The second kappa shape index (κ2) is 7.23. The Morgan fingerprint density at radius 1 is 1.29 bits per heavy atom. The highest BCUT2D eigenvalue weighted by Crippen LogP contribution is 2.31. The van der Waals surface area contributed by atoms with Gasteiger partial charge in [0.15, 0.2) is 5.82 Å². The topological polar surface area (TPSA) is 83.1 Å². The number of rotatable bonds is 7. The fourth-order valence-electron chi connectivity index (χ4n) is 2.46. The summed E-state index contributed by atoms with van der Waals surface area (Å²) in [6.45, 7) is 11.4. The zero-order valence-corrected chi connectivity index (χ0v) is 15.9. The standard InChI is InChI=1S/C16H24N4O3Si/c1-12-6-7-14(13(2)15(12)20(21)22)16-18-17-10-19(16)11-23-8-9-24(3,4)5/h6-7,10H,8-9,11H2,1-5H3. The molecule has 0 spiro atoms. The third kappa shape index (κ3) is 4.27. The number of nitro benzene ring substituents is 1. The lowest BCUT2D eigenvalue weighted by Gasteiger charge is -2.16. The summed E-state index contributed by atoms with van der Waals surface area (Å²) in [4.78, 5) is 10.9. The van der Waals surface area contributed by atoms with E-state index in [0.29, 0.717) is 35.9 Å². The predicted molar refractivity (Wildman–Crippen MR) is 95.7 cm³/mol. The highest BCUT2D eigenvalue weighted by atomic mass is 28.3. The van der Waals surface area contributed by atoms with Crippen molar-refractivity contribution in [3.63, 3.8) is 0 Å². The predicted octanol–water partition coefficient (Wildman–Crippen LogP) is 3.78. The number of hydrogen-bond donors (Lipinski definition) is 0. The molecule has 0 aliphatic rings. The third-order valence-corrected chi connectivity index (χ3v) is 5.60. The Labute approximate surface area is 142 Å². The van der Waals surface area contributed by atoms with Crippen molar-refractivity contribution >= 4 is 13.8 Å². The monoisotopic (exact) mass is 348 g/mol. The molecule has 0 amide bonds. The summed E-state index contributed by atoms with van der Waals surface area (Å²) in [7, 11) is -1.13. The van der Waals surface area contributed by atoms with Gasteiger partial charge in [-0.1, -0.05) is 31.8 Å². The van der Waals surface area contributed by atoms with Gasteiger partial charge in [-0.2, -0.15) is 0 Å². The van der Waals surface area contributed by atoms with Crippen molar-refractivity contribution in [2.24, 2.45) is 0 Å². The number of hydrogen-bond acceptors (Lipinski definition) is 5. The van der Waals surface area contributed by atoms with Crippen LogP contribution in [0.3, 0.4) is 0 Å². The second-order valence-corrected chi connectivity index (χ2v) is 12.8. The second-order valence-electron chi connectivity index (χ2n) is 7.13. The molecular weight excluding hydrogens is 324 g/mol. The first kappa shape index (κ1) is 18.3. The van der Waals surface area contributed by atoms with E-state index in [9.17, 15) is 10.1 Å². The van der Waals surface area contributed by atoms with Crippen molar-refractivity contribution in [2.45, 2.75) is 46.3 Å². The summed E-state index contributed by atoms with van der Waals surface area (Å²) in [5, 5.41) is 19.4. The molecule has 1 aromatic carbocycles. The van der Waals surface area contributed by atoms with Gasteiger partial charge >= 0.3 is 0 Å². The van der Waals surface area contributed by atoms with Gasteiger partial charge in [0.2, 0.25) is 0 Å². The van der Waals surface area contributed by atoms with Crippen LogP contribution in [-0.2, 0) is 11.5 Å². The van der Waals surface area contributed by atoms with Gasteiger partial charge in [-0.15, -0.1) is 10.2 Å². The minimum absolute atomic E-state index is 0.127. The van der Waals surface area contributed by atoms with Gasteiger partial charge in [-0.3, -0.25) is 14.7 Å². The zero-order chi connectivity index (χ0) is 17.9. The van der Waals surface area contributed by atoms with Crippen molar-refractivity contribution in [1.29, 1.82) is 0 Å². The van der Waals surface area contributed by atoms with Crippen molar-refractivity contribution in [2.75, 3.05) is 6.61 Å². The number of benzene rings is 1. The van der Waals surface area contributed by atoms with Crippen LogP contribution in [0.5, 0.6) is 0 Å². The molecule has 0 saturated heterocycles. The molecule has 0 fully saturated rings. The Hall–Kier alpha value is -2.06.